The minimum atomic E-state index is 0.0190. The molecule has 0 bridgehead atoms. The Morgan fingerprint density at radius 1 is 1.32 bits per heavy atom. The first-order valence-corrected chi connectivity index (χ1v) is 7.48. The molecule has 0 aliphatic rings. The summed E-state index contributed by atoms with van der Waals surface area (Å²) in [6.45, 7) is 0.563. The molecular formula is C14H14BrNO2S. The van der Waals surface area contributed by atoms with Crippen LogP contribution in [0.25, 0.3) is 0 Å². The summed E-state index contributed by atoms with van der Waals surface area (Å²) in [6.07, 6.45) is 0.382. The third-order valence-electron chi connectivity index (χ3n) is 2.66. The Hall–Kier alpha value is -1.33. The van der Waals surface area contributed by atoms with Gasteiger partial charge in [0.25, 0.3) is 0 Å². The highest BCUT2D eigenvalue weighted by molar-refractivity contribution is 9.10. The zero-order chi connectivity index (χ0) is 13.7. The molecule has 0 fully saturated rings. The maximum atomic E-state index is 11.8. The fourth-order valence-corrected chi connectivity index (χ4v) is 3.05. The van der Waals surface area contributed by atoms with E-state index in [0.29, 0.717) is 13.0 Å². The summed E-state index contributed by atoms with van der Waals surface area (Å²) >= 11 is 5.07. The van der Waals surface area contributed by atoms with Crippen molar-refractivity contribution in [3.63, 3.8) is 0 Å². The van der Waals surface area contributed by atoms with Gasteiger partial charge in [-0.3, -0.25) is 4.79 Å². The average molecular weight is 340 g/mol. The summed E-state index contributed by atoms with van der Waals surface area (Å²) in [6, 6.07) is 9.51. The van der Waals surface area contributed by atoms with E-state index < -0.39 is 0 Å². The third-order valence-corrected chi connectivity index (χ3v) is 4.59. The molecule has 0 radical (unpaired) electrons. The molecule has 100 valence electrons. The van der Waals surface area contributed by atoms with Crippen LogP contribution in [0.5, 0.6) is 5.75 Å². The summed E-state index contributed by atoms with van der Waals surface area (Å²) in [4.78, 5) is 12.9. The molecule has 0 aliphatic heterocycles. The highest BCUT2D eigenvalue weighted by Gasteiger charge is 2.06. The number of rotatable bonds is 5. The van der Waals surface area contributed by atoms with Crippen LogP contribution >= 0.6 is 27.3 Å². The maximum absolute atomic E-state index is 11.8. The van der Waals surface area contributed by atoms with E-state index in [-0.39, 0.29) is 5.91 Å². The molecule has 5 heteroatoms. The Bertz CT molecular complexity index is 551. The molecule has 0 saturated carbocycles. The van der Waals surface area contributed by atoms with Crippen LogP contribution in [-0.4, -0.2) is 13.0 Å². The summed E-state index contributed by atoms with van der Waals surface area (Å²) in [5, 5.41) is 4.91. The Morgan fingerprint density at radius 3 is 2.63 bits per heavy atom. The highest BCUT2D eigenvalue weighted by atomic mass is 79.9. The quantitative estimate of drug-likeness (QED) is 0.906. The Labute approximate surface area is 124 Å². The number of halogens is 1. The standard InChI is InChI=1S/C14H14BrNO2S/c1-18-11-4-2-10(3-5-11)8-14(17)16-9-13-12(15)6-7-19-13/h2-7H,8-9H2,1H3,(H,16,17). The van der Waals surface area contributed by atoms with E-state index in [1.54, 1.807) is 18.4 Å². The molecular weight excluding hydrogens is 326 g/mol. The minimum absolute atomic E-state index is 0.0190. The molecule has 1 aromatic heterocycles. The van der Waals surface area contributed by atoms with E-state index in [9.17, 15) is 4.79 Å². The second-order valence-electron chi connectivity index (χ2n) is 3.99. The molecule has 19 heavy (non-hydrogen) atoms. The molecule has 2 aromatic rings. The van der Waals surface area contributed by atoms with Crippen molar-refractivity contribution < 1.29 is 9.53 Å². The minimum Gasteiger partial charge on any atom is -0.497 e. The van der Waals surface area contributed by atoms with E-state index in [2.05, 4.69) is 21.2 Å². The molecule has 0 unspecified atom stereocenters. The molecule has 0 aliphatic carbocycles. The van der Waals surface area contributed by atoms with Gasteiger partial charge in [-0.2, -0.15) is 0 Å². The summed E-state index contributed by atoms with van der Waals surface area (Å²) in [5.74, 6) is 0.817. The van der Waals surface area contributed by atoms with Crippen LogP contribution in [0.4, 0.5) is 0 Å². The van der Waals surface area contributed by atoms with E-state index >= 15 is 0 Å². The van der Waals surface area contributed by atoms with Crippen LogP contribution in [0.1, 0.15) is 10.4 Å². The van der Waals surface area contributed by atoms with Crippen molar-refractivity contribution >= 4 is 33.2 Å². The van der Waals surface area contributed by atoms with Gasteiger partial charge in [-0.05, 0) is 45.1 Å². The Morgan fingerprint density at radius 2 is 2.05 bits per heavy atom. The summed E-state index contributed by atoms with van der Waals surface area (Å²) in [7, 11) is 1.63. The fraction of sp³-hybridized carbons (Fsp3) is 0.214. The van der Waals surface area contributed by atoms with Crippen molar-refractivity contribution in [1.29, 1.82) is 0 Å². The van der Waals surface area contributed by atoms with Crippen LogP contribution in [-0.2, 0) is 17.8 Å². The van der Waals surface area contributed by atoms with Crippen molar-refractivity contribution in [3.05, 3.63) is 50.6 Å². The number of hydrogen-bond donors (Lipinski definition) is 1. The number of nitrogens with one attached hydrogen (secondary N) is 1. The number of ether oxygens (including phenoxy) is 1. The van der Waals surface area contributed by atoms with Gasteiger partial charge < -0.3 is 10.1 Å². The molecule has 1 heterocycles. The van der Waals surface area contributed by atoms with Crippen molar-refractivity contribution in [3.8, 4) is 5.75 Å². The predicted molar refractivity (Wildman–Crippen MR) is 80.6 cm³/mol. The molecule has 0 saturated heterocycles. The molecule has 1 N–H and O–H groups in total. The van der Waals surface area contributed by atoms with E-state index in [1.165, 1.54) is 0 Å². The van der Waals surface area contributed by atoms with Crippen LogP contribution < -0.4 is 10.1 Å². The first-order chi connectivity index (χ1) is 9.19. The van der Waals surface area contributed by atoms with Crippen molar-refractivity contribution in [2.24, 2.45) is 0 Å². The number of carbonyl (C=O) groups excluding carboxylic acids is 1. The highest BCUT2D eigenvalue weighted by Crippen LogP contribution is 2.22. The second-order valence-corrected chi connectivity index (χ2v) is 5.85. The van der Waals surface area contributed by atoms with Crippen LogP contribution in [0.2, 0.25) is 0 Å². The SMILES string of the molecule is COc1ccc(CC(=O)NCc2sccc2Br)cc1. The van der Waals surface area contributed by atoms with Gasteiger partial charge >= 0.3 is 0 Å². The van der Waals surface area contributed by atoms with Crippen LogP contribution in [0, 0.1) is 0 Å². The molecule has 3 nitrogen and oxygen atoms in total. The van der Waals surface area contributed by atoms with Crippen molar-refractivity contribution in [2.45, 2.75) is 13.0 Å². The van der Waals surface area contributed by atoms with Crippen LogP contribution in [0.3, 0.4) is 0 Å². The lowest BCUT2D eigenvalue weighted by molar-refractivity contribution is -0.120. The van der Waals surface area contributed by atoms with Crippen molar-refractivity contribution in [2.75, 3.05) is 7.11 Å². The first kappa shape index (κ1) is 14.1. The number of benzene rings is 1. The predicted octanol–water partition coefficient (Wildman–Crippen LogP) is 3.38. The van der Waals surface area contributed by atoms with Gasteiger partial charge in [0, 0.05) is 9.35 Å². The van der Waals surface area contributed by atoms with Gasteiger partial charge in [0.2, 0.25) is 5.91 Å². The normalized spacial score (nSPS) is 10.2. The molecule has 0 spiro atoms. The van der Waals surface area contributed by atoms with E-state index in [4.69, 9.17) is 4.74 Å². The van der Waals surface area contributed by atoms with Gasteiger partial charge in [-0.1, -0.05) is 12.1 Å². The third kappa shape index (κ3) is 4.08. The Kier molecular flexibility index (Phi) is 4.99. The summed E-state index contributed by atoms with van der Waals surface area (Å²) < 4.78 is 6.12. The summed E-state index contributed by atoms with van der Waals surface area (Å²) in [5.41, 5.74) is 0.976. The smallest absolute Gasteiger partial charge is 0.224 e. The van der Waals surface area contributed by atoms with E-state index in [0.717, 1.165) is 20.7 Å². The van der Waals surface area contributed by atoms with E-state index in [1.807, 2.05) is 35.7 Å². The number of methoxy groups -OCH3 is 1. The molecule has 1 amide bonds. The molecule has 1 aromatic carbocycles. The van der Waals surface area contributed by atoms with Gasteiger partial charge in [0.1, 0.15) is 5.75 Å². The zero-order valence-corrected chi connectivity index (χ0v) is 12.9. The second kappa shape index (κ2) is 6.73. The average Bonchev–Trinajstić information content (AvgIpc) is 2.83. The fourth-order valence-electron chi connectivity index (χ4n) is 1.62. The number of hydrogen-bond acceptors (Lipinski definition) is 3. The van der Waals surface area contributed by atoms with Gasteiger partial charge in [0.05, 0.1) is 20.1 Å². The monoisotopic (exact) mass is 339 g/mol. The molecule has 0 atom stereocenters. The largest absolute Gasteiger partial charge is 0.497 e. The molecule has 2 rings (SSSR count). The zero-order valence-electron chi connectivity index (χ0n) is 10.5. The van der Waals surface area contributed by atoms with Crippen LogP contribution in [0.15, 0.2) is 40.2 Å². The first-order valence-electron chi connectivity index (χ1n) is 5.80. The topological polar surface area (TPSA) is 38.3 Å². The van der Waals surface area contributed by atoms with Gasteiger partial charge in [-0.25, -0.2) is 0 Å². The lowest BCUT2D eigenvalue weighted by Crippen LogP contribution is -2.24. The van der Waals surface area contributed by atoms with Gasteiger partial charge in [0.15, 0.2) is 0 Å². The lowest BCUT2D eigenvalue weighted by Gasteiger charge is -2.05. The number of thiophene rings is 1. The Balaban J connectivity index is 1.85. The number of carbonyl (C=O) groups is 1. The number of amides is 1. The lowest BCUT2D eigenvalue weighted by atomic mass is 10.1. The van der Waals surface area contributed by atoms with Gasteiger partial charge in [-0.15, -0.1) is 11.3 Å². The van der Waals surface area contributed by atoms with Crippen molar-refractivity contribution in [1.82, 2.24) is 5.32 Å². The maximum Gasteiger partial charge on any atom is 0.224 e.